The molecule has 0 N–H and O–H groups in total. The molecule has 0 bridgehead atoms. The van der Waals surface area contributed by atoms with Gasteiger partial charge in [-0.3, -0.25) is 0 Å². The molecule has 13 aromatic rings. The van der Waals surface area contributed by atoms with E-state index in [2.05, 4.69) is 221 Å². The van der Waals surface area contributed by atoms with Gasteiger partial charge < -0.3 is 23.1 Å². The van der Waals surface area contributed by atoms with Gasteiger partial charge in [0.25, 0.3) is 0 Å². The van der Waals surface area contributed by atoms with Crippen molar-refractivity contribution < 1.29 is 8.83 Å². The Balaban J connectivity index is 1.10. The molecule has 0 amide bonds. The van der Waals surface area contributed by atoms with Gasteiger partial charge in [0.05, 0.1) is 5.69 Å². The fraction of sp³-hybridized carbons (Fsp3) is 0.0645. The van der Waals surface area contributed by atoms with Crippen molar-refractivity contribution in [3.05, 3.63) is 206 Å². The van der Waals surface area contributed by atoms with Crippen LogP contribution in [0.3, 0.4) is 0 Å². The highest BCUT2D eigenvalue weighted by Gasteiger charge is 2.45. The van der Waals surface area contributed by atoms with Crippen molar-refractivity contribution in [3.8, 4) is 11.1 Å². The Bertz CT molecular complexity index is 4220. The average Bonchev–Trinajstić information content (AvgIpc) is 4.08. The third-order valence-electron chi connectivity index (χ3n) is 14.9. The molecule has 68 heavy (non-hydrogen) atoms. The van der Waals surface area contributed by atoms with E-state index in [9.17, 15) is 0 Å². The molecule has 15 rings (SSSR count). The number of furan rings is 2. The second-order valence-corrected chi connectivity index (χ2v) is 18.6. The van der Waals surface area contributed by atoms with Gasteiger partial charge in [0.1, 0.15) is 16.7 Å². The first-order chi connectivity index (χ1) is 33.7. The van der Waals surface area contributed by atoms with Gasteiger partial charge >= 0.3 is 6.85 Å². The van der Waals surface area contributed by atoms with Crippen LogP contribution in [0.4, 0.5) is 34.1 Å². The SMILES string of the molecule is CCCCc1ccc(N(c2ccccc2)c2ccc3c(c2)B2c4c(cc5oc6ccccc6c5c4-c4cccc5c6c7ccccc7ccc6n2c45)N3c2cccc3c2oc2ccccc23)cc1. The zero-order valence-corrected chi connectivity index (χ0v) is 37.4. The number of aromatic nitrogens is 1. The standard InChI is InChI=1S/C62H42BN3O2/c1-2-3-15-38-28-31-41(32-29-38)64(40-17-5-4-6-18-40)42-33-35-50-49(36-42)63-60-53(65(50)52-25-14-22-45-44-20-9-11-26-54(44)68-62(45)52)37-56-58(46-21-10-12-27-55(46)67-56)59(60)48-24-13-23-47-57-43-19-8-7-16-39(43)30-34-51(57)66(63)61(47)48/h4-14,16-37H,2-3,15H2,1H3. The van der Waals surface area contributed by atoms with Crippen molar-refractivity contribution in [1.82, 2.24) is 4.48 Å². The molecule has 3 aromatic heterocycles. The van der Waals surface area contributed by atoms with Gasteiger partial charge in [-0.05, 0) is 112 Å². The number of benzene rings is 10. The molecule has 0 radical (unpaired) electrons. The maximum Gasteiger partial charge on any atom is 0.333 e. The van der Waals surface area contributed by atoms with Crippen LogP contribution < -0.4 is 20.7 Å². The minimum atomic E-state index is -0.204. The monoisotopic (exact) mass is 871 g/mol. The smallest absolute Gasteiger partial charge is 0.333 e. The van der Waals surface area contributed by atoms with E-state index in [1.807, 2.05) is 0 Å². The van der Waals surface area contributed by atoms with Crippen LogP contribution >= 0.6 is 0 Å². The minimum Gasteiger partial charge on any atom is -0.456 e. The molecule has 0 unspecified atom stereocenters. The van der Waals surface area contributed by atoms with Gasteiger partial charge in [0.2, 0.25) is 0 Å². The first-order valence-electron chi connectivity index (χ1n) is 23.9. The summed E-state index contributed by atoms with van der Waals surface area (Å²) in [5.41, 5.74) is 18.7. The van der Waals surface area contributed by atoms with Crippen molar-refractivity contribution in [2.45, 2.75) is 26.2 Å². The number of hydrogen-bond donors (Lipinski definition) is 0. The number of para-hydroxylation sites is 5. The second kappa shape index (κ2) is 14.3. The highest BCUT2D eigenvalue weighted by Crippen LogP contribution is 2.52. The molecule has 320 valence electrons. The third-order valence-corrected chi connectivity index (χ3v) is 14.9. The fourth-order valence-corrected chi connectivity index (χ4v) is 12.0. The summed E-state index contributed by atoms with van der Waals surface area (Å²) in [6, 6.07) is 73.4. The number of unbranched alkanes of at least 4 members (excludes halogenated alkanes) is 1. The molecule has 0 aliphatic carbocycles. The Morgan fingerprint density at radius 2 is 1.21 bits per heavy atom. The molecule has 0 spiro atoms. The first-order valence-corrected chi connectivity index (χ1v) is 23.9. The number of rotatable bonds is 7. The van der Waals surface area contributed by atoms with Crippen molar-refractivity contribution in [3.63, 3.8) is 0 Å². The summed E-state index contributed by atoms with van der Waals surface area (Å²) in [6.07, 6.45) is 3.43. The van der Waals surface area contributed by atoms with Crippen LogP contribution in [-0.2, 0) is 6.42 Å². The number of nitrogens with zero attached hydrogens (tertiary/aromatic N) is 3. The van der Waals surface area contributed by atoms with Crippen LogP contribution in [-0.4, -0.2) is 11.3 Å². The van der Waals surface area contributed by atoms with E-state index in [1.54, 1.807) is 0 Å². The first kappa shape index (κ1) is 37.7. The van der Waals surface area contributed by atoms with E-state index in [0.29, 0.717) is 0 Å². The fourth-order valence-electron chi connectivity index (χ4n) is 12.0. The normalized spacial score (nSPS) is 12.9. The summed E-state index contributed by atoms with van der Waals surface area (Å²) in [5.74, 6) is 0. The summed E-state index contributed by atoms with van der Waals surface area (Å²) < 4.78 is 16.5. The Labute approximate surface area is 392 Å². The summed E-state index contributed by atoms with van der Waals surface area (Å²) in [6.45, 7) is 2.06. The quantitative estimate of drug-likeness (QED) is 0.150. The lowest BCUT2D eigenvalue weighted by Gasteiger charge is -2.41. The highest BCUT2D eigenvalue weighted by atomic mass is 16.3. The van der Waals surface area contributed by atoms with Crippen LogP contribution in [0.1, 0.15) is 25.3 Å². The number of aryl methyl sites for hydroxylation is 1. The Morgan fingerprint density at radius 3 is 2.06 bits per heavy atom. The lowest BCUT2D eigenvalue weighted by Crippen LogP contribution is -2.56. The van der Waals surface area contributed by atoms with Gasteiger partial charge in [-0.1, -0.05) is 141 Å². The third kappa shape index (κ3) is 5.17. The summed E-state index contributed by atoms with van der Waals surface area (Å²) in [4.78, 5) is 4.89. The molecular formula is C62H42BN3O2. The molecule has 0 saturated carbocycles. The van der Waals surface area contributed by atoms with E-state index < -0.39 is 0 Å². The molecule has 0 fully saturated rings. The molecule has 2 aliphatic rings. The van der Waals surface area contributed by atoms with Crippen LogP contribution in [0.25, 0.3) is 87.6 Å². The Hall–Kier alpha value is -8.48. The van der Waals surface area contributed by atoms with E-state index in [4.69, 9.17) is 8.83 Å². The Morgan fingerprint density at radius 1 is 0.500 bits per heavy atom. The van der Waals surface area contributed by atoms with Crippen LogP contribution in [0, 0.1) is 0 Å². The molecule has 6 heteroatoms. The van der Waals surface area contributed by atoms with Gasteiger partial charge in [-0.25, -0.2) is 0 Å². The summed E-state index contributed by atoms with van der Waals surface area (Å²) in [7, 11) is 0. The summed E-state index contributed by atoms with van der Waals surface area (Å²) in [5, 5.41) is 9.49. The lowest BCUT2D eigenvalue weighted by molar-refractivity contribution is 0.667. The van der Waals surface area contributed by atoms with Crippen LogP contribution in [0.15, 0.2) is 209 Å². The number of fused-ring (bicyclic) bond motifs is 16. The van der Waals surface area contributed by atoms with E-state index >= 15 is 0 Å². The largest absolute Gasteiger partial charge is 0.456 e. The Kier molecular flexibility index (Phi) is 7.91. The average molecular weight is 872 g/mol. The zero-order valence-electron chi connectivity index (χ0n) is 37.4. The zero-order chi connectivity index (χ0) is 44.6. The molecule has 5 nitrogen and oxygen atoms in total. The summed E-state index contributed by atoms with van der Waals surface area (Å²) >= 11 is 0. The number of hydrogen-bond acceptors (Lipinski definition) is 4. The number of anilines is 6. The van der Waals surface area contributed by atoms with Gasteiger partial charge in [-0.2, -0.15) is 0 Å². The van der Waals surface area contributed by atoms with Crippen LogP contribution in [0.5, 0.6) is 0 Å². The minimum absolute atomic E-state index is 0.204. The van der Waals surface area contributed by atoms with E-state index in [-0.39, 0.29) is 6.85 Å². The molecule has 5 heterocycles. The van der Waals surface area contributed by atoms with Crippen molar-refractivity contribution in [1.29, 1.82) is 0 Å². The topological polar surface area (TPSA) is 37.7 Å². The molecular weight excluding hydrogens is 830 g/mol. The second-order valence-electron chi connectivity index (χ2n) is 18.6. The molecule has 10 aromatic carbocycles. The molecule has 2 aliphatic heterocycles. The molecule has 0 atom stereocenters. The van der Waals surface area contributed by atoms with Crippen molar-refractivity contribution in [2.24, 2.45) is 0 Å². The maximum atomic E-state index is 6.94. The predicted molar refractivity (Wildman–Crippen MR) is 285 cm³/mol. The van der Waals surface area contributed by atoms with E-state index in [1.165, 1.54) is 73.0 Å². The predicted octanol–water partition coefficient (Wildman–Crippen LogP) is 16.0. The maximum absolute atomic E-state index is 6.94. The highest BCUT2D eigenvalue weighted by molar-refractivity contribution is 6.90. The van der Waals surface area contributed by atoms with Gasteiger partial charge in [-0.15, -0.1) is 0 Å². The molecule has 0 saturated heterocycles. The van der Waals surface area contributed by atoms with Gasteiger partial charge in [0.15, 0.2) is 5.58 Å². The lowest BCUT2D eigenvalue weighted by atomic mass is 9.44. The van der Waals surface area contributed by atoms with E-state index in [0.717, 1.165) is 84.4 Å². The van der Waals surface area contributed by atoms with Gasteiger partial charge in [0, 0.05) is 83.4 Å². The van der Waals surface area contributed by atoms with Crippen molar-refractivity contribution >= 4 is 128 Å². The van der Waals surface area contributed by atoms with Crippen molar-refractivity contribution in [2.75, 3.05) is 9.80 Å². The van der Waals surface area contributed by atoms with Crippen LogP contribution in [0.2, 0.25) is 0 Å².